The Balaban J connectivity index is 1.48. The first kappa shape index (κ1) is 25.9. The van der Waals surface area contributed by atoms with E-state index in [2.05, 4.69) is 39.7 Å². The first-order chi connectivity index (χ1) is 15.7. The average Bonchev–Trinajstić information content (AvgIpc) is 3.22. The average molecular weight is 443 g/mol. The summed E-state index contributed by atoms with van der Waals surface area (Å²) in [5.74, 6) is 0. The fourth-order valence-electron chi connectivity index (χ4n) is 3.95. The number of imidazole rings is 1. The monoisotopic (exact) mass is 442 g/mol. The minimum Gasteiger partial charge on any atom is -0.465 e. The lowest BCUT2D eigenvalue weighted by Gasteiger charge is -2.11. The fraction of sp³-hybridized carbons (Fsp3) is 0.615. The van der Waals surface area contributed by atoms with Gasteiger partial charge in [-0.1, -0.05) is 70.4 Å². The number of aromatic nitrogens is 2. The molecule has 0 atom stereocenters. The van der Waals surface area contributed by atoms with Crippen LogP contribution in [0.3, 0.4) is 0 Å². The van der Waals surface area contributed by atoms with Crippen LogP contribution in [0.25, 0.3) is 11.0 Å². The van der Waals surface area contributed by atoms with Crippen LogP contribution in [0, 0.1) is 0 Å². The number of hydrogen-bond acceptors (Lipinski definition) is 3. The molecule has 2 aromatic rings. The molecule has 1 aromatic carbocycles. The van der Waals surface area contributed by atoms with Crippen LogP contribution in [-0.2, 0) is 6.54 Å². The van der Waals surface area contributed by atoms with Gasteiger partial charge in [0.25, 0.3) is 0 Å². The van der Waals surface area contributed by atoms with Crippen molar-refractivity contribution in [2.45, 2.75) is 96.9 Å². The second-order valence-corrected chi connectivity index (χ2v) is 8.62. The van der Waals surface area contributed by atoms with Crippen molar-refractivity contribution >= 4 is 22.8 Å². The highest BCUT2D eigenvalue weighted by Crippen LogP contribution is 2.22. The molecule has 178 valence electrons. The van der Waals surface area contributed by atoms with Crippen molar-refractivity contribution in [2.24, 2.45) is 0 Å². The third-order valence-electron chi connectivity index (χ3n) is 5.82. The van der Waals surface area contributed by atoms with Crippen LogP contribution >= 0.6 is 0 Å². The summed E-state index contributed by atoms with van der Waals surface area (Å²) in [5.41, 5.74) is 3.19. The van der Waals surface area contributed by atoms with E-state index >= 15 is 0 Å². The summed E-state index contributed by atoms with van der Waals surface area (Å²) in [6, 6.07) is 3.74. The molecule has 4 N–H and O–H groups in total. The molecule has 0 aliphatic rings. The van der Waals surface area contributed by atoms with Gasteiger partial charge in [0.2, 0.25) is 0 Å². The lowest BCUT2D eigenvalue weighted by atomic mass is 10.1. The van der Waals surface area contributed by atoms with Crippen molar-refractivity contribution in [3.63, 3.8) is 0 Å². The van der Waals surface area contributed by atoms with E-state index in [1.165, 1.54) is 77.0 Å². The minimum atomic E-state index is -1.06. The number of hydrogen-bond donors (Lipinski definition) is 4. The summed E-state index contributed by atoms with van der Waals surface area (Å²) in [6.45, 7) is 3.84. The predicted octanol–water partition coefficient (Wildman–Crippen LogP) is 7.39. The van der Waals surface area contributed by atoms with E-state index < -0.39 is 6.09 Å². The molecular formula is C26H42N4O2. The lowest BCUT2D eigenvalue weighted by Crippen LogP contribution is -2.17. The van der Waals surface area contributed by atoms with Crippen LogP contribution in [0.1, 0.15) is 96.0 Å². The van der Waals surface area contributed by atoms with Gasteiger partial charge < -0.3 is 15.4 Å². The number of allylic oxidation sites excluding steroid dienone is 2. The maximum atomic E-state index is 11.1. The standard InChI is InChI=1S/C26H42N4O2/c1-2-3-4-5-6-7-8-9-10-11-12-13-14-15-16-17-27-20-22-18-24-25(29-21-28-24)19-23(22)30-26(31)32/h9-10,18-19,21,27,30H,2-8,11-17,20H2,1H3,(H,28,29)(H,31,32)/b10-9-. The molecule has 1 amide bonds. The topological polar surface area (TPSA) is 90.0 Å². The molecule has 0 fully saturated rings. The van der Waals surface area contributed by atoms with Crippen LogP contribution < -0.4 is 10.6 Å². The number of anilines is 1. The normalized spacial score (nSPS) is 11.5. The number of benzene rings is 1. The van der Waals surface area contributed by atoms with Crippen molar-refractivity contribution < 1.29 is 9.90 Å². The molecule has 6 nitrogen and oxygen atoms in total. The van der Waals surface area contributed by atoms with E-state index in [0.717, 1.165) is 29.6 Å². The molecule has 0 aliphatic heterocycles. The van der Waals surface area contributed by atoms with Gasteiger partial charge in [0.1, 0.15) is 0 Å². The van der Waals surface area contributed by atoms with Gasteiger partial charge in [-0.2, -0.15) is 0 Å². The third kappa shape index (κ3) is 10.8. The highest BCUT2D eigenvalue weighted by atomic mass is 16.4. The molecular weight excluding hydrogens is 400 g/mol. The highest BCUT2D eigenvalue weighted by molar-refractivity contribution is 5.89. The Bertz CT molecular complexity index is 800. The van der Waals surface area contributed by atoms with Crippen molar-refractivity contribution in [3.05, 3.63) is 36.2 Å². The molecule has 0 spiro atoms. The molecule has 2 rings (SSSR count). The second-order valence-electron chi connectivity index (χ2n) is 8.62. The summed E-state index contributed by atoms with van der Waals surface area (Å²) in [5, 5.41) is 15.0. The van der Waals surface area contributed by atoms with E-state index in [4.69, 9.17) is 5.11 Å². The molecule has 0 radical (unpaired) electrons. The van der Waals surface area contributed by atoms with E-state index in [0.29, 0.717) is 12.2 Å². The Labute approximate surface area is 193 Å². The molecule has 0 saturated heterocycles. The van der Waals surface area contributed by atoms with Crippen LogP contribution in [0.15, 0.2) is 30.6 Å². The van der Waals surface area contributed by atoms with Gasteiger partial charge in [-0.15, -0.1) is 0 Å². The number of unbranched alkanes of at least 4 members (excludes halogenated alkanes) is 11. The van der Waals surface area contributed by atoms with Gasteiger partial charge >= 0.3 is 6.09 Å². The number of H-pyrrole nitrogens is 1. The zero-order chi connectivity index (χ0) is 22.9. The Kier molecular flexibility index (Phi) is 13.2. The summed E-state index contributed by atoms with van der Waals surface area (Å²) in [4.78, 5) is 18.3. The van der Waals surface area contributed by atoms with Crippen molar-refractivity contribution in [1.82, 2.24) is 15.3 Å². The second kappa shape index (κ2) is 16.3. The summed E-state index contributed by atoms with van der Waals surface area (Å²) >= 11 is 0. The number of aromatic amines is 1. The molecule has 1 aromatic heterocycles. The molecule has 32 heavy (non-hydrogen) atoms. The van der Waals surface area contributed by atoms with Crippen LogP contribution in [0.5, 0.6) is 0 Å². The Hall–Kier alpha value is -2.34. The number of rotatable bonds is 18. The Morgan fingerprint density at radius 1 is 0.969 bits per heavy atom. The van der Waals surface area contributed by atoms with Crippen molar-refractivity contribution in [2.75, 3.05) is 11.9 Å². The van der Waals surface area contributed by atoms with E-state index in [-0.39, 0.29) is 0 Å². The van der Waals surface area contributed by atoms with Gasteiger partial charge in [0, 0.05) is 6.54 Å². The summed E-state index contributed by atoms with van der Waals surface area (Å²) < 4.78 is 0. The van der Waals surface area contributed by atoms with E-state index in [1.54, 1.807) is 12.4 Å². The van der Waals surface area contributed by atoms with Crippen LogP contribution in [0.2, 0.25) is 0 Å². The number of carboxylic acid groups (broad SMARTS) is 1. The quantitative estimate of drug-likeness (QED) is 0.143. The van der Waals surface area contributed by atoms with Gasteiger partial charge in [-0.25, -0.2) is 9.78 Å². The lowest BCUT2D eigenvalue weighted by molar-refractivity contribution is 0.209. The van der Waals surface area contributed by atoms with Crippen molar-refractivity contribution in [3.8, 4) is 0 Å². The number of fused-ring (bicyclic) bond motifs is 1. The number of nitrogens with one attached hydrogen (secondary N) is 3. The van der Waals surface area contributed by atoms with Crippen LogP contribution in [0.4, 0.5) is 10.5 Å². The van der Waals surface area contributed by atoms with Gasteiger partial charge in [0.05, 0.1) is 23.0 Å². The van der Waals surface area contributed by atoms with Gasteiger partial charge in [-0.05, 0) is 56.3 Å². The predicted molar refractivity (Wildman–Crippen MR) is 134 cm³/mol. The number of carbonyl (C=O) groups is 1. The van der Waals surface area contributed by atoms with Gasteiger partial charge in [-0.3, -0.25) is 5.32 Å². The van der Waals surface area contributed by atoms with E-state index in [1.807, 2.05) is 6.07 Å². The zero-order valence-corrected chi connectivity index (χ0v) is 19.8. The maximum absolute atomic E-state index is 11.1. The van der Waals surface area contributed by atoms with Crippen molar-refractivity contribution in [1.29, 1.82) is 0 Å². The number of amides is 1. The first-order valence-electron chi connectivity index (χ1n) is 12.5. The third-order valence-corrected chi connectivity index (χ3v) is 5.82. The smallest absolute Gasteiger partial charge is 0.409 e. The largest absolute Gasteiger partial charge is 0.465 e. The highest BCUT2D eigenvalue weighted by Gasteiger charge is 2.09. The molecule has 1 heterocycles. The summed E-state index contributed by atoms with van der Waals surface area (Å²) in [6.07, 6.45) is 22.2. The molecule has 0 bridgehead atoms. The van der Waals surface area contributed by atoms with E-state index in [9.17, 15) is 4.79 Å². The zero-order valence-electron chi connectivity index (χ0n) is 19.8. The SMILES string of the molecule is CCCCCCCC/C=C\CCCCCCCNCc1cc2[nH]cnc2cc1NC(=O)O. The molecule has 0 saturated carbocycles. The Morgan fingerprint density at radius 2 is 1.62 bits per heavy atom. The van der Waals surface area contributed by atoms with Gasteiger partial charge in [0.15, 0.2) is 0 Å². The van der Waals surface area contributed by atoms with Crippen LogP contribution in [-0.4, -0.2) is 27.7 Å². The number of nitrogens with zero attached hydrogens (tertiary/aromatic N) is 1. The molecule has 0 aliphatic carbocycles. The molecule has 0 unspecified atom stereocenters. The summed E-state index contributed by atoms with van der Waals surface area (Å²) in [7, 11) is 0. The molecule has 6 heteroatoms. The fourth-order valence-corrected chi connectivity index (χ4v) is 3.95. The first-order valence-corrected chi connectivity index (χ1v) is 12.5. The Morgan fingerprint density at radius 3 is 2.31 bits per heavy atom. The maximum Gasteiger partial charge on any atom is 0.409 e. The minimum absolute atomic E-state index is 0.592.